The molecule has 0 saturated heterocycles. The van der Waals surface area contributed by atoms with E-state index in [9.17, 15) is 14.7 Å². The van der Waals surface area contributed by atoms with Gasteiger partial charge in [0.25, 0.3) is 5.91 Å². The monoisotopic (exact) mass is 505 g/mol. The van der Waals surface area contributed by atoms with E-state index in [1.54, 1.807) is 35.2 Å². The number of carbonyl (C=O) groups excluding carboxylic acids is 1. The van der Waals surface area contributed by atoms with Crippen molar-refractivity contribution in [3.63, 3.8) is 0 Å². The molecule has 0 spiro atoms. The maximum absolute atomic E-state index is 13.6. The average Bonchev–Trinajstić information content (AvgIpc) is 3.11. The zero-order valence-electron chi connectivity index (χ0n) is 17.7. The Hall–Kier alpha value is -3.58. The molecule has 1 N–H and O–H groups in total. The highest BCUT2D eigenvalue weighted by Gasteiger charge is 2.42. The smallest absolute Gasteiger partial charge is 0.290 e. The summed E-state index contributed by atoms with van der Waals surface area (Å²) in [7, 11) is 1.46. The first-order chi connectivity index (χ1) is 16.0. The Morgan fingerprint density at radius 1 is 1.06 bits per heavy atom. The number of methoxy groups -OCH3 is 1. The second-order valence-corrected chi connectivity index (χ2v) is 8.80. The van der Waals surface area contributed by atoms with Gasteiger partial charge in [0, 0.05) is 11.0 Å². The summed E-state index contributed by atoms with van der Waals surface area (Å²) < 4.78 is 12.0. The molecule has 2 heterocycles. The lowest BCUT2D eigenvalue weighted by Crippen LogP contribution is -2.31. The van der Waals surface area contributed by atoms with Crippen molar-refractivity contribution in [2.24, 2.45) is 0 Å². The molecule has 7 heteroatoms. The van der Waals surface area contributed by atoms with Crippen LogP contribution < -0.4 is 10.2 Å². The molecular weight excluding hydrogens is 486 g/mol. The third-order valence-corrected chi connectivity index (χ3v) is 6.42. The summed E-state index contributed by atoms with van der Waals surface area (Å²) in [5, 5.41) is 10.5. The Labute approximate surface area is 198 Å². The van der Waals surface area contributed by atoms with Crippen molar-refractivity contribution in [2.45, 2.75) is 12.5 Å². The molecule has 0 bridgehead atoms. The van der Waals surface area contributed by atoms with Crippen molar-refractivity contribution in [2.75, 3.05) is 13.7 Å². The van der Waals surface area contributed by atoms with E-state index >= 15 is 0 Å². The maximum atomic E-state index is 13.6. The molecule has 1 amide bonds. The van der Waals surface area contributed by atoms with Gasteiger partial charge in [-0.3, -0.25) is 9.59 Å². The van der Waals surface area contributed by atoms with Gasteiger partial charge in [0.2, 0.25) is 5.76 Å². The first kappa shape index (κ1) is 21.3. The Bertz CT molecular complexity index is 1430. The molecule has 166 valence electrons. The fourth-order valence-corrected chi connectivity index (χ4v) is 4.69. The Morgan fingerprint density at radius 2 is 1.85 bits per heavy atom. The van der Waals surface area contributed by atoms with Crippen LogP contribution in [0.5, 0.6) is 11.5 Å². The van der Waals surface area contributed by atoms with Gasteiger partial charge in [0.1, 0.15) is 5.58 Å². The van der Waals surface area contributed by atoms with Crippen LogP contribution in [0.3, 0.4) is 0 Å². The molecule has 33 heavy (non-hydrogen) atoms. The van der Waals surface area contributed by atoms with Gasteiger partial charge in [-0.1, -0.05) is 52.3 Å². The number of benzene rings is 3. The van der Waals surface area contributed by atoms with E-state index in [0.29, 0.717) is 35.1 Å². The summed E-state index contributed by atoms with van der Waals surface area (Å²) in [5.74, 6) is -0.0275. The van der Waals surface area contributed by atoms with Gasteiger partial charge in [0.15, 0.2) is 16.9 Å². The van der Waals surface area contributed by atoms with Gasteiger partial charge in [-0.25, -0.2) is 0 Å². The van der Waals surface area contributed by atoms with Gasteiger partial charge in [0.05, 0.1) is 24.1 Å². The van der Waals surface area contributed by atoms with Crippen LogP contribution in [0.1, 0.15) is 33.3 Å². The van der Waals surface area contributed by atoms with Crippen molar-refractivity contribution in [1.29, 1.82) is 0 Å². The zero-order chi connectivity index (χ0) is 23.1. The normalized spacial score (nSPS) is 15.2. The highest BCUT2D eigenvalue weighted by atomic mass is 79.9. The lowest BCUT2D eigenvalue weighted by Gasteiger charge is -2.25. The minimum Gasteiger partial charge on any atom is -0.504 e. The van der Waals surface area contributed by atoms with E-state index in [4.69, 9.17) is 9.15 Å². The fourth-order valence-electron chi connectivity index (χ4n) is 4.33. The van der Waals surface area contributed by atoms with Crippen molar-refractivity contribution >= 4 is 32.8 Å². The van der Waals surface area contributed by atoms with Crippen LogP contribution in [0.15, 0.2) is 80.4 Å². The Kier molecular flexibility index (Phi) is 5.42. The molecule has 0 radical (unpaired) electrons. The number of halogens is 1. The van der Waals surface area contributed by atoms with Crippen LogP contribution in [0, 0.1) is 0 Å². The van der Waals surface area contributed by atoms with E-state index in [1.165, 1.54) is 13.2 Å². The van der Waals surface area contributed by atoms with Crippen LogP contribution >= 0.6 is 15.9 Å². The standard InChI is InChI=1S/C26H20BrNO5/c1-32-21-13-16(7-9-19(21)29)23-22-24(30)18-14-17(27)8-10-20(18)33-25(22)26(31)28(23)12-11-15-5-3-2-4-6-15/h2-10,13-14,23,29H,11-12H2,1H3. The van der Waals surface area contributed by atoms with E-state index in [1.807, 2.05) is 30.3 Å². The van der Waals surface area contributed by atoms with Crippen LogP contribution in [0.25, 0.3) is 11.0 Å². The largest absolute Gasteiger partial charge is 0.504 e. The number of hydrogen-bond donors (Lipinski definition) is 1. The minimum absolute atomic E-state index is 0.0175. The number of aromatic hydroxyl groups is 1. The molecule has 0 aliphatic carbocycles. The lowest BCUT2D eigenvalue weighted by atomic mass is 9.98. The molecule has 0 saturated carbocycles. The van der Waals surface area contributed by atoms with Gasteiger partial charge in [-0.2, -0.15) is 0 Å². The van der Waals surface area contributed by atoms with E-state index in [-0.39, 0.29) is 28.6 Å². The molecule has 1 aromatic heterocycles. The minimum atomic E-state index is -0.662. The number of hydrogen-bond acceptors (Lipinski definition) is 5. The van der Waals surface area contributed by atoms with Crippen molar-refractivity contribution < 1.29 is 19.1 Å². The number of rotatable bonds is 5. The average molecular weight is 506 g/mol. The third kappa shape index (κ3) is 3.68. The Balaban J connectivity index is 1.68. The molecule has 4 aromatic rings. The van der Waals surface area contributed by atoms with E-state index in [2.05, 4.69) is 15.9 Å². The van der Waals surface area contributed by atoms with E-state index < -0.39 is 6.04 Å². The van der Waals surface area contributed by atoms with Crippen LogP contribution in [0.2, 0.25) is 0 Å². The molecular formula is C26H20BrNO5. The number of phenolic OH excluding ortho intramolecular Hbond substituents is 1. The molecule has 0 fully saturated rings. The van der Waals surface area contributed by atoms with Crippen molar-refractivity contribution in [3.05, 3.63) is 104 Å². The predicted octanol–water partition coefficient (Wildman–Crippen LogP) is 5.06. The summed E-state index contributed by atoms with van der Waals surface area (Å²) in [6.07, 6.45) is 0.617. The summed E-state index contributed by atoms with van der Waals surface area (Å²) in [5.41, 5.74) is 2.15. The topological polar surface area (TPSA) is 80.0 Å². The molecule has 1 aliphatic rings. The number of amides is 1. The summed E-state index contributed by atoms with van der Waals surface area (Å²) in [6.45, 7) is 0.389. The summed E-state index contributed by atoms with van der Waals surface area (Å²) >= 11 is 3.41. The number of ether oxygens (including phenoxy) is 1. The summed E-state index contributed by atoms with van der Waals surface area (Å²) in [4.78, 5) is 28.7. The van der Waals surface area contributed by atoms with E-state index in [0.717, 1.165) is 10.0 Å². The number of fused-ring (bicyclic) bond motifs is 2. The predicted molar refractivity (Wildman–Crippen MR) is 128 cm³/mol. The first-order valence-electron chi connectivity index (χ1n) is 10.5. The van der Waals surface area contributed by atoms with Gasteiger partial charge in [-0.15, -0.1) is 0 Å². The number of phenols is 1. The quantitative estimate of drug-likeness (QED) is 0.410. The van der Waals surface area contributed by atoms with Gasteiger partial charge >= 0.3 is 0 Å². The molecule has 5 rings (SSSR count). The van der Waals surface area contributed by atoms with Crippen LogP contribution in [-0.2, 0) is 6.42 Å². The number of carbonyl (C=O) groups is 1. The fraction of sp³-hybridized carbons (Fsp3) is 0.154. The first-order valence-corrected chi connectivity index (χ1v) is 11.3. The van der Waals surface area contributed by atoms with Gasteiger partial charge in [-0.05, 0) is 47.9 Å². The highest BCUT2D eigenvalue weighted by Crippen LogP contribution is 2.40. The Morgan fingerprint density at radius 3 is 2.61 bits per heavy atom. The lowest BCUT2D eigenvalue weighted by molar-refractivity contribution is 0.0730. The van der Waals surface area contributed by atoms with Crippen LogP contribution in [0.4, 0.5) is 0 Å². The SMILES string of the molecule is COc1cc(C2c3c(oc4ccc(Br)cc4c3=O)C(=O)N2CCc2ccccc2)ccc1O. The molecule has 1 unspecified atom stereocenters. The molecule has 1 aliphatic heterocycles. The third-order valence-electron chi connectivity index (χ3n) is 5.93. The molecule has 1 atom stereocenters. The molecule has 6 nitrogen and oxygen atoms in total. The van der Waals surface area contributed by atoms with Gasteiger partial charge < -0.3 is 19.2 Å². The zero-order valence-corrected chi connectivity index (χ0v) is 19.3. The van der Waals surface area contributed by atoms with Crippen LogP contribution in [-0.4, -0.2) is 29.6 Å². The second-order valence-electron chi connectivity index (χ2n) is 7.88. The van der Waals surface area contributed by atoms with Crippen molar-refractivity contribution in [3.8, 4) is 11.5 Å². The molecule has 3 aromatic carbocycles. The summed E-state index contributed by atoms with van der Waals surface area (Å²) in [6, 6.07) is 19.2. The maximum Gasteiger partial charge on any atom is 0.290 e. The van der Waals surface area contributed by atoms with Crippen molar-refractivity contribution in [1.82, 2.24) is 4.90 Å². The number of nitrogens with zero attached hydrogens (tertiary/aromatic N) is 1. The second kappa shape index (κ2) is 8.41. The highest BCUT2D eigenvalue weighted by molar-refractivity contribution is 9.10.